The first-order chi connectivity index (χ1) is 8.54. The fraction of sp³-hybridized carbons (Fsp3) is 0.182. The molecule has 0 aliphatic rings. The fourth-order valence-corrected chi connectivity index (χ4v) is 2.48. The van der Waals surface area contributed by atoms with Crippen LogP contribution in [0.1, 0.15) is 17.3 Å². The molecule has 18 heavy (non-hydrogen) atoms. The van der Waals surface area contributed by atoms with Gasteiger partial charge in [0.05, 0.1) is 28.0 Å². The van der Waals surface area contributed by atoms with Crippen LogP contribution in [0.5, 0.6) is 0 Å². The van der Waals surface area contributed by atoms with Gasteiger partial charge < -0.3 is 0 Å². The molecule has 0 bridgehead atoms. The number of aryl methyl sites for hydroxylation is 1. The van der Waals surface area contributed by atoms with E-state index in [1.807, 2.05) is 25.2 Å². The smallest absolute Gasteiger partial charge is 0.0893 e. The third kappa shape index (κ3) is 2.55. The quantitative estimate of drug-likeness (QED) is 0.661. The summed E-state index contributed by atoms with van der Waals surface area (Å²) in [6.07, 6.45) is 1.59. The van der Waals surface area contributed by atoms with Crippen molar-refractivity contribution in [3.8, 4) is 0 Å². The zero-order valence-electron chi connectivity index (χ0n) is 9.49. The van der Waals surface area contributed by atoms with Crippen molar-refractivity contribution in [1.82, 2.24) is 15.2 Å². The third-order valence-electron chi connectivity index (χ3n) is 2.65. The minimum absolute atomic E-state index is 0.268. The van der Waals surface area contributed by atoms with Crippen molar-refractivity contribution >= 4 is 39.1 Å². The van der Waals surface area contributed by atoms with Crippen molar-refractivity contribution in [2.75, 3.05) is 0 Å². The number of nitrogens with zero attached hydrogens (tertiary/aromatic N) is 2. The first kappa shape index (κ1) is 13.8. The van der Waals surface area contributed by atoms with Crippen LogP contribution in [0.3, 0.4) is 0 Å². The number of halogens is 3. The maximum atomic E-state index is 6.12. The van der Waals surface area contributed by atoms with E-state index >= 15 is 0 Å². The molecule has 2 rings (SSSR count). The zero-order valence-corrected chi connectivity index (χ0v) is 12.6. The second kappa shape index (κ2) is 5.59. The average Bonchev–Trinajstić information content (AvgIpc) is 2.66. The molecule has 0 saturated heterocycles. The minimum Gasteiger partial charge on any atom is -0.271 e. The average molecular weight is 350 g/mol. The number of aromatic nitrogens is 2. The van der Waals surface area contributed by atoms with E-state index in [1.54, 1.807) is 10.9 Å². The lowest BCUT2D eigenvalue weighted by Gasteiger charge is -2.18. The monoisotopic (exact) mass is 348 g/mol. The lowest BCUT2D eigenvalue weighted by molar-refractivity contribution is 0.575. The largest absolute Gasteiger partial charge is 0.271 e. The van der Waals surface area contributed by atoms with Gasteiger partial charge in [0.15, 0.2) is 0 Å². The summed E-state index contributed by atoms with van der Waals surface area (Å²) in [5.41, 5.74) is 4.43. The molecule has 3 N–H and O–H groups in total. The predicted octanol–water partition coefficient (Wildman–Crippen LogP) is 3.04. The summed E-state index contributed by atoms with van der Waals surface area (Å²) in [6, 6.07) is 5.35. The first-order valence-electron chi connectivity index (χ1n) is 5.13. The maximum Gasteiger partial charge on any atom is 0.0893 e. The number of hydrogen-bond acceptors (Lipinski definition) is 3. The Morgan fingerprint density at radius 2 is 2.11 bits per heavy atom. The van der Waals surface area contributed by atoms with Crippen LogP contribution in [0.2, 0.25) is 10.0 Å². The summed E-state index contributed by atoms with van der Waals surface area (Å²) >= 11 is 15.6. The van der Waals surface area contributed by atoms with E-state index in [1.165, 1.54) is 0 Å². The summed E-state index contributed by atoms with van der Waals surface area (Å²) < 4.78 is 2.52. The molecule has 96 valence electrons. The minimum atomic E-state index is -0.268. The number of rotatable bonds is 3. The van der Waals surface area contributed by atoms with Gasteiger partial charge in [-0.15, -0.1) is 0 Å². The summed E-state index contributed by atoms with van der Waals surface area (Å²) in [5, 5.41) is 5.27. The van der Waals surface area contributed by atoms with Crippen molar-refractivity contribution in [1.29, 1.82) is 0 Å². The fourth-order valence-electron chi connectivity index (χ4n) is 1.77. The van der Waals surface area contributed by atoms with Gasteiger partial charge in [0.25, 0.3) is 0 Å². The summed E-state index contributed by atoms with van der Waals surface area (Å²) in [5.74, 6) is 5.62. The second-order valence-corrected chi connectivity index (χ2v) is 5.44. The van der Waals surface area contributed by atoms with Gasteiger partial charge in [0.1, 0.15) is 0 Å². The van der Waals surface area contributed by atoms with E-state index in [2.05, 4.69) is 26.5 Å². The lowest BCUT2D eigenvalue weighted by atomic mass is 10.0. The number of nitrogens with one attached hydrogen (secondary N) is 1. The van der Waals surface area contributed by atoms with Crippen LogP contribution in [0.15, 0.2) is 28.9 Å². The first-order valence-corrected chi connectivity index (χ1v) is 6.68. The molecule has 0 fully saturated rings. The van der Waals surface area contributed by atoms with Gasteiger partial charge >= 0.3 is 0 Å². The van der Waals surface area contributed by atoms with Crippen molar-refractivity contribution in [3.05, 3.63) is 50.2 Å². The van der Waals surface area contributed by atoms with Crippen LogP contribution in [0.4, 0.5) is 0 Å². The predicted molar refractivity (Wildman–Crippen MR) is 76.5 cm³/mol. The highest BCUT2D eigenvalue weighted by molar-refractivity contribution is 9.10. The molecule has 1 atom stereocenters. The van der Waals surface area contributed by atoms with E-state index in [0.29, 0.717) is 10.0 Å². The van der Waals surface area contributed by atoms with Crippen molar-refractivity contribution < 1.29 is 0 Å². The molecular formula is C11H11BrCl2N4. The summed E-state index contributed by atoms with van der Waals surface area (Å²) in [4.78, 5) is 0. The normalized spacial score (nSPS) is 12.7. The van der Waals surface area contributed by atoms with E-state index < -0.39 is 0 Å². The molecule has 0 aliphatic carbocycles. The Morgan fingerprint density at radius 1 is 1.39 bits per heavy atom. The van der Waals surface area contributed by atoms with E-state index in [9.17, 15) is 0 Å². The number of hydrogen-bond donors (Lipinski definition) is 2. The van der Waals surface area contributed by atoms with E-state index in [-0.39, 0.29) is 6.04 Å². The molecule has 7 heteroatoms. The van der Waals surface area contributed by atoms with Crippen LogP contribution in [0, 0.1) is 0 Å². The molecular weight excluding hydrogens is 339 g/mol. The van der Waals surface area contributed by atoms with Crippen LogP contribution < -0.4 is 11.3 Å². The van der Waals surface area contributed by atoms with Crippen LogP contribution >= 0.6 is 39.1 Å². The number of hydrazine groups is 1. The maximum absolute atomic E-state index is 6.12. The molecule has 0 radical (unpaired) electrons. The lowest BCUT2D eigenvalue weighted by Crippen LogP contribution is -2.30. The zero-order chi connectivity index (χ0) is 13.3. The van der Waals surface area contributed by atoms with Crippen molar-refractivity contribution in [3.63, 3.8) is 0 Å². The van der Waals surface area contributed by atoms with Gasteiger partial charge in [-0.3, -0.25) is 10.5 Å². The number of benzene rings is 1. The Balaban J connectivity index is 2.48. The summed E-state index contributed by atoms with van der Waals surface area (Å²) in [7, 11) is 1.81. The highest BCUT2D eigenvalue weighted by Crippen LogP contribution is 2.31. The Labute approximate surface area is 123 Å². The standard InChI is InChI=1S/C11H11BrCl2N4/c1-18-11(9(14)5-16-18)10(17-15)6-2-3-7(12)8(13)4-6/h2-5,10,17H,15H2,1H3. The second-order valence-electron chi connectivity index (χ2n) is 3.77. The Morgan fingerprint density at radius 3 is 2.61 bits per heavy atom. The molecule has 0 aliphatic heterocycles. The van der Waals surface area contributed by atoms with Crippen molar-refractivity contribution in [2.24, 2.45) is 12.9 Å². The Hall–Kier alpha value is -0.590. The Bertz CT molecular complexity index is 551. The van der Waals surface area contributed by atoms with Gasteiger partial charge in [0.2, 0.25) is 0 Å². The van der Waals surface area contributed by atoms with Gasteiger partial charge in [-0.2, -0.15) is 5.10 Å². The van der Waals surface area contributed by atoms with Crippen LogP contribution in [0.25, 0.3) is 0 Å². The highest BCUT2D eigenvalue weighted by atomic mass is 79.9. The SMILES string of the molecule is Cn1ncc(Cl)c1C(NN)c1ccc(Br)c(Cl)c1. The van der Waals surface area contributed by atoms with E-state index in [0.717, 1.165) is 15.7 Å². The Kier molecular flexibility index (Phi) is 4.29. The molecule has 1 unspecified atom stereocenters. The number of nitrogens with two attached hydrogens (primary N) is 1. The van der Waals surface area contributed by atoms with Crippen LogP contribution in [-0.4, -0.2) is 9.78 Å². The van der Waals surface area contributed by atoms with Gasteiger partial charge in [-0.1, -0.05) is 29.3 Å². The van der Waals surface area contributed by atoms with Gasteiger partial charge in [0, 0.05) is 11.5 Å². The summed E-state index contributed by atoms with van der Waals surface area (Å²) in [6.45, 7) is 0. The van der Waals surface area contributed by atoms with E-state index in [4.69, 9.17) is 29.0 Å². The molecule has 0 amide bonds. The third-order valence-corrected chi connectivity index (χ3v) is 4.18. The molecule has 4 nitrogen and oxygen atoms in total. The van der Waals surface area contributed by atoms with Crippen LogP contribution in [-0.2, 0) is 7.05 Å². The van der Waals surface area contributed by atoms with Gasteiger partial charge in [-0.25, -0.2) is 5.43 Å². The molecule has 0 spiro atoms. The van der Waals surface area contributed by atoms with Gasteiger partial charge in [-0.05, 0) is 33.6 Å². The molecule has 1 heterocycles. The molecule has 2 aromatic rings. The molecule has 1 aromatic heterocycles. The topological polar surface area (TPSA) is 55.9 Å². The molecule has 1 aromatic carbocycles. The van der Waals surface area contributed by atoms with Crippen molar-refractivity contribution in [2.45, 2.75) is 6.04 Å². The highest BCUT2D eigenvalue weighted by Gasteiger charge is 2.20. The molecule has 0 saturated carbocycles.